The molecule has 0 fully saturated rings. The lowest BCUT2D eigenvalue weighted by atomic mass is 10.1. The molecule has 1 rings (SSSR count). The average Bonchev–Trinajstić information content (AvgIpc) is 2.37. The van der Waals surface area contributed by atoms with Crippen molar-refractivity contribution in [2.75, 3.05) is 25.0 Å². The van der Waals surface area contributed by atoms with Crippen LogP contribution >= 0.6 is 0 Å². The SMILES string of the molecule is CCNc1cncc(C(=O)NCC(C)(C)OCC)n1. The van der Waals surface area contributed by atoms with Crippen molar-refractivity contribution in [1.29, 1.82) is 0 Å². The van der Waals surface area contributed by atoms with Gasteiger partial charge in [-0.15, -0.1) is 0 Å². The number of aromatic nitrogens is 2. The molecule has 0 saturated carbocycles. The Hall–Kier alpha value is -1.69. The molecule has 0 aliphatic rings. The predicted molar refractivity (Wildman–Crippen MR) is 74.2 cm³/mol. The van der Waals surface area contributed by atoms with Crippen LogP contribution in [0.25, 0.3) is 0 Å². The Morgan fingerprint density at radius 3 is 2.74 bits per heavy atom. The van der Waals surface area contributed by atoms with Crippen LogP contribution < -0.4 is 10.6 Å². The lowest BCUT2D eigenvalue weighted by molar-refractivity contribution is -0.00818. The molecule has 106 valence electrons. The number of hydrogen-bond acceptors (Lipinski definition) is 5. The molecule has 2 N–H and O–H groups in total. The van der Waals surface area contributed by atoms with Crippen molar-refractivity contribution in [3.05, 3.63) is 18.1 Å². The van der Waals surface area contributed by atoms with Gasteiger partial charge < -0.3 is 15.4 Å². The van der Waals surface area contributed by atoms with Gasteiger partial charge in [0.15, 0.2) is 0 Å². The summed E-state index contributed by atoms with van der Waals surface area (Å²) in [6, 6.07) is 0. The number of ether oxygens (including phenoxy) is 1. The summed E-state index contributed by atoms with van der Waals surface area (Å²) in [4.78, 5) is 20.1. The van der Waals surface area contributed by atoms with Crippen LogP contribution in [0.1, 0.15) is 38.2 Å². The minimum absolute atomic E-state index is 0.250. The summed E-state index contributed by atoms with van der Waals surface area (Å²) >= 11 is 0. The molecule has 0 spiro atoms. The standard InChI is InChI=1S/C13H22N4O2/c1-5-15-11-8-14-7-10(17-11)12(18)16-9-13(3,4)19-6-2/h7-8H,5-6,9H2,1-4H3,(H,15,17)(H,16,18). The summed E-state index contributed by atoms with van der Waals surface area (Å²) in [5, 5.41) is 5.82. The number of hydrogen-bond donors (Lipinski definition) is 2. The van der Waals surface area contributed by atoms with E-state index in [-0.39, 0.29) is 5.91 Å². The second-order valence-corrected chi connectivity index (χ2v) is 4.70. The number of anilines is 1. The molecule has 0 aliphatic carbocycles. The molecule has 0 radical (unpaired) electrons. The van der Waals surface area contributed by atoms with E-state index in [0.717, 1.165) is 6.54 Å². The summed E-state index contributed by atoms with van der Waals surface area (Å²) in [6.45, 7) is 9.51. The Morgan fingerprint density at radius 2 is 2.11 bits per heavy atom. The summed E-state index contributed by atoms with van der Waals surface area (Å²) in [7, 11) is 0. The van der Waals surface area contributed by atoms with Gasteiger partial charge in [-0.25, -0.2) is 4.98 Å². The molecular formula is C13H22N4O2. The van der Waals surface area contributed by atoms with Crippen LogP contribution in [0.5, 0.6) is 0 Å². The second-order valence-electron chi connectivity index (χ2n) is 4.70. The Labute approximate surface area is 114 Å². The highest BCUT2D eigenvalue weighted by Gasteiger charge is 2.19. The fourth-order valence-corrected chi connectivity index (χ4v) is 1.57. The predicted octanol–water partition coefficient (Wildman–Crippen LogP) is 1.45. The number of nitrogens with one attached hydrogen (secondary N) is 2. The largest absolute Gasteiger partial charge is 0.374 e. The summed E-state index contributed by atoms with van der Waals surface area (Å²) in [5.74, 6) is 0.347. The molecule has 0 aliphatic heterocycles. The van der Waals surface area contributed by atoms with E-state index in [2.05, 4.69) is 20.6 Å². The molecule has 6 nitrogen and oxygen atoms in total. The van der Waals surface area contributed by atoms with Gasteiger partial charge >= 0.3 is 0 Å². The third-order valence-electron chi connectivity index (χ3n) is 2.43. The van der Waals surface area contributed by atoms with Crippen LogP contribution in [0.4, 0.5) is 5.82 Å². The Balaban J connectivity index is 2.60. The molecule has 1 aromatic rings. The second kappa shape index (κ2) is 7.04. The van der Waals surface area contributed by atoms with E-state index in [9.17, 15) is 4.79 Å². The number of rotatable bonds is 7. The zero-order valence-corrected chi connectivity index (χ0v) is 12.0. The number of carbonyl (C=O) groups excluding carboxylic acids is 1. The van der Waals surface area contributed by atoms with Gasteiger partial charge in [0, 0.05) is 19.7 Å². The first-order chi connectivity index (χ1) is 8.98. The fraction of sp³-hybridized carbons (Fsp3) is 0.615. The third-order valence-corrected chi connectivity index (χ3v) is 2.43. The third kappa shape index (κ3) is 5.21. The van der Waals surface area contributed by atoms with Gasteiger partial charge in [-0.1, -0.05) is 0 Å². The molecule has 0 aromatic carbocycles. The van der Waals surface area contributed by atoms with Gasteiger partial charge in [0.1, 0.15) is 11.5 Å². The maximum absolute atomic E-state index is 12.0. The molecule has 1 heterocycles. The van der Waals surface area contributed by atoms with E-state index in [1.54, 1.807) is 6.20 Å². The van der Waals surface area contributed by atoms with E-state index in [1.165, 1.54) is 6.20 Å². The van der Waals surface area contributed by atoms with Crippen molar-refractivity contribution in [2.24, 2.45) is 0 Å². The zero-order valence-electron chi connectivity index (χ0n) is 12.0. The number of amides is 1. The zero-order chi connectivity index (χ0) is 14.3. The maximum atomic E-state index is 12.0. The smallest absolute Gasteiger partial charge is 0.271 e. The van der Waals surface area contributed by atoms with Crippen molar-refractivity contribution >= 4 is 11.7 Å². The highest BCUT2D eigenvalue weighted by molar-refractivity contribution is 5.92. The van der Waals surface area contributed by atoms with Crippen LogP contribution in [0, 0.1) is 0 Å². The van der Waals surface area contributed by atoms with E-state index in [1.807, 2.05) is 27.7 Å². The van der Waals surface area contributed by atoms with Crippen LogP contribution in [0.2, 0.25) is 0 Å². The Kier molecular flexibility index (Phi) is 5.69. The Morgan fingerprint density at radius 1 is 1.37 bits per heavy atom. The summed E-state index contributed by atoms with van der Waals surface area (Å²) in [5.41, 5.74) is -0.0948. The molecule has 0 unspecified atom stereocenters. The van der Waals surface area contributed by atoms with E-state index < -0.39 is 5.60 Å². The minimum Gasteiger partial charge on any atom is -0.374 e. The van der Waals surface area contributed by atoms with E-state index in [4.69, 9.17) is 4.74 Å². The molecular weight excluding hydrogens is 244 g/mol. The molecule has 0 bridgehead atoms. The lowest BCUT2D eigenvalue weighted by Crippen LogP contribution is -2.40. The van der Waals surface area contributed by atoms with Crippen molar-refractivity contribution in [3.63, 3.8) is 0 Å². The van der Waals surface area contributed by atoms with Gasteiger partial charge in [-0.3, -0.25) is 9.78 Å². The quantitative estimate of drug-likeness (QED) is 0.781. The summed E-state index contributed by atoms with van der Waals surface area (Å²) < 4.78 is 5.51. The monoisotopic (exact) mass is 266 g/mol. The molecule has 0 atom stereocenters. The molecule has 0 saturated heterocycles. The van der Waals surface area contributed by atoms with Crippen molar-refractivity contribution < 1.29 is 9.53 Å². The van der Waals surface area contributed by atoms with Gasteiger partial charge in [-0.05, 0) is 27.7 Å². The summed E-state index contributed by atoms with van der Waals surface area (Å²) in [6.07, 6.45) is 3.04. The van der Waals surface area contributed by atoms with Gasteiger partial charge in [0.25, 0.3) is 5.91 Å². The van der Waals surface area contributed by atoms with Gasteiger partial charge in [-0.2, -0.15) is 0 Å². The van der Waals surface area contributed by atoms with Crippen molar-refractivity contribution in [2.45, 2.75) is 33.3 Å². The molecule has 1 aromatic heterocycles. The van der Waals surface area contributed by atoms with Crippen LogP contribution in [0.3, 0.4) is 0 Å². The van der Waals surface area contributed by atoms with Crippen LogP contribution in [0.15, 0.2) is 12.4 Å². The molecule has 1 amide bonds. The Bertz CT molecular complexity index is 421. The number of nitrogens with zero attached hydrogens (tertiary/aromatic N) is 2. The average molecular weight is 266 g/mol. The van der Waals surface area contributed by atoms with Crippen LogP contribution in [-0.4, -0.2) is 41.2 Å². The lowest BCUT2D eigenvalue weighted by Gasteiger charge is -2.24. The maximum Gasteiger partial charge on any atom is 0.271 e. The highest BCUT2D eigenvalue weighted by Crippen LogP contribution is 2.07. The topological polar surface area (TPSA) is 76.1 Å². The fourth-order valence-electron chi connectivity index (χ4n) is 1.57. The highest BCUT2D eigenvalue weighted by atomic mass is 16.5. The van der Waals surface area contributed by atoms with Crippen molar-refractivity contribution in [1.82, 2.24) is 15.3 Å². The molecule has 6 heteroatoms. The normalized spacial score (nSPS) is 11.2. The van der Waals surface area contributed by atoms with E-state index >= 15 is 0 Å². The van der Waals surface area contributed by atoms with E-state index in [0.29, 0.717) is 24.7 Å². The van der Waals surface area contributed by atoms with Crippen molar-refractivity contribution in [3.8, 4) is 0 Å². The van der Waals surface area contributed by atoms with Gasteiger partial charge in [0.05, 0.1) is 18.0 Å². The van der Waals surface area contributed by atoms with Crippen LogP contribution in [-0.2, 0) is 4.74 Å². The van der Waals surface area contributed by atoms with Gasteiger partial charge in [0.2, 0.25) is 0 Å². The molecule has 19 heavy (non-hydrogen) atoms. The number of carbonyl (C=O) groups is 1. The first-order valence-corrected chi connectivity index (χ1v) is 6.46. The first kappa shape index (κ1) is 15.4. The minimum atomic E-state index is -0.392. The first-order valence-electron chi connectivity index (χ1n) is 6.46.